The SMILES string of the molecule is CCOC(=O)CN(C(=O)c1cc(N)ccc1F)C1CC1. The Morgan fingerprint density at radius 1 is 1.45 bits per heavy atom. The molecule has 1 amide bonds. The van der Waals surface area contributed by atoms with E-state index in [0.29, 0.717) is 5.69 Å². The van der Waals surface area contributed by atoms with Gasteiger partial charge in [-0.1, -0.05) is 0 Å². The van der Waals surface area contributed by atoms with Gasteiger partial charge in [-0.05, 0) is 38.0 Å². The molecule has 0 saturated heterocycles. The molecule has 0 heterocycles. The highest BCUT2D eigenvalue weighted by molar-refractivity contribution is 5.97. The van der Waals surface area contributed by atoms with Crippen LogP contribution in [0.15, 0.2) is 18.2 Å². The fourth-order valence-electron chi connectivity index (χ4n) is 1.96. The van der Waals surface area contributed by atoms with Gasteiger partial charge < -0.3 is 15.4 Å². The minimum Gasteiger partial charge on any atom is -0.465 e. The molecule has 20 heavy (non-hydrogen) atoms. The number of halogens is 1. The van der Waals surface area contributed by atoms with Gasteiger partial charge in [-0.3, -0.25) is 9.59 Å². The normalized spacial score (nSPS) is 13.9. The van der Waals surface area contributed by atoms with Gasteiger partial charge in [0.05, 0.1) is 12.2 Å². The molecule has 1 aliphatic rings. The van der Waals surface area contributed by atoms with Crippen LogP contribution in [-0.4, -0.2) is 36.0 Å². The fraction of sp³-hybridized carbons (Fsp3) is 0.429. The molecule has 6 heteroatoms. The van der Waals surface area contributed by atoms with Crippen LogP contribution in [0.25, 0.3) is 0 Å². The van der Waals surface area contributed by atoms with E-state index in [4.69, 9.17) is 10.5 Å². The Labute approximate surface area is 116 Å². The summed E-state index contributed by atoms with van der Waals surface area (Å²) in [6, 6.07) is 3.81. The number of hydrogen-bond acceptors (Lipinski definition) is 4. The quantitative estimate of drug-likeness (QED) is 0.656. The predicted octanol–water partition coefficient (Wildman–Crippen LogP) is 1.58. The number of rotatable bonds is 5. The zero-order valence-corrected chi connectivity index (χ0v) is 11.3. The van der Waals surface area contributed by atoms with Gasteiger partial charge in [0.25, 0.3) is 5.91 Å². The first-order chi connectivity index (χ1) is 9.52. The molecule has 1 aromatic carbocycles. The van der Waals surface area contributed by atoms with E-state index in [1.807, 2.05) is 0 Å². The number of carbonyl (C=O) groups excluding carboxylic acids is 2. The van der Waals surface area contributed by atoms with Crippen molar-refractivity contribution >= 4 is 17.6 Å². The topological polar surface area (TPSA) is 72.6 Å². The summed E-state index contributed by atoms with van der Waals surface area (Å²) >= 11 is 0. The van der Waals surface area contributed by atoms with Crippen molar-refractivity contribution in [3.05, 3.63) is 29.6 Å². The lowest BCUT2D eigenvalue weighted by Gasteiger charge is -2.21. The van der Waals surface area contributed by atoms with Gasteiger partial charge in [0, 0.05) is 11.7 Å². The monoisotopic (exact) mass is 280 g/mol. The number of ether oxygens (including phenoxy) is 1. The molecule has 0 aromatic heterocycles. The van der Waals surface area contributed by atoms with Crippen LogP contribution in [0.5, 0.6) is 0 Å². The molecule has 0 radical (unpaired) electrons. The lowest BCUT2D eigenvalue weighted by atomic mass is 10.1. The fourth-order valence-corrected chi connectivity index (χ4v) is 1.96. The van der Waals surface area contributed by atoms with Crippen LogP contribution in [0.2, 0.25) is 0 Å². The molecule has 1 saturated carbocycles. The largest absolute Gasteiger partial charge is 0.465 e. The Bertz CT molecular complexity index is 529. The van der Waals surface area contributed by atoms with Crippen molar-refractivity contribution in [1.29, 1.82) is 0 Å². The molecule has 1 fully saturated rings. The van der Waals surface area contributed by atoms with E-state index in [1.165, 1.54) is 17.0 Å². The molecule has 0 bridgehead atoms. The maximum absolute atomic E-state index is 13.7. The molecular weight excluding hydrogens is 263 g/mol. The van der Waals surface area contributed by atoms with Crippen molar-refractivity contribution in [1.82, 2.24) is 4.90 Å². The van der Waals surface area contributed by atoms with E-state index >= 15 is 0 Å². The Kier molecular flexibility index (Phi) is 4.22. The van der Waals surface area contributed by atoms with E-state index in [9.17, 15) is 14.0 Å². The molecule has 5 nitrogen and oxygen atoms in total. The Hall–Kier alpha value is -2.11. The summed E-state index contributed by atoms with van der Waals surface area (Å²) in [5.41, 5.74) is 5.77. The summed E-state index contributed by atoms with van der Waals surface area (Å²) in [6.07, 6.45) is 1.63. The second-order valence-electron chi connectivity index (χ2n) is 4.71. The first kappa shape index (κ1) is 14.3. The van der Waals surface area contributed by atoms with E-state index < -0.39 is 17.7 Å². The van der Waals surface area contributed by atoms with Crippen molar-refractivity contribution in [2.24, 2.45) is 0 Å². The molecule has 0 aliphatic heterocycles. The molecule has 2 rings (SSSR count). The molecule has 1 aromatic rings. The third kappa shape index (κ3) is 3.26. The number of hydrogen-bond donors (Lipinski definition) is 1. The van der Waals surface area contributed by atoms with Crippen molar-refractivity contribution in [3.8, 4) is 0 Å². The lowest BCUT2D eigenvalue weighted by molar-refractivity contribution is -0.144. The molecule has 0 spiro atoms. The maximum atomic E-state index is 13.7. The van der Waals surface area contributed by atoms with E-state index in [1.54, 1.807) is 6.92 Å². The summed E-state index contributed by atoms with van der Waals surface area (Å²) in [7, 11) is 0. The molecule has 0 atom stereocenters. The Balaban J connectivity index is 2.18. The highest BCUT2D eigenvalue weighted by Gasteiger charge is 2.35. The Morgan fingerprint density at radius 2 is 2.15 bits per heavy atom. The predicted molar refractivity (Wildman–Crippen MR) is 71.5 cm³/mol. The third-order valence-electron chi connectivity index (χ3n) is 3.07. The Morgan fingerprint density at radius 3 is 2.75 bits per heavy atom. The number of nitrogen functional groups attached to an aromatic ring is 1. The van der Waals surface area contributed by atoms with Crippen molar-refractivity contribution < 1.29 is 18.7 Å². The number of carbonyl (C=O) groups is 2. The minimum absolute atomic E-state index is 0.0206. The second-order valence-corrected chi connectivity index (χ2v) is 4.71. The van der Waals surface area contributed by atoms with Crippen LogP contribution in [0.1, 0.15) is 30.1 Å². The number of anilines is 1. The average molecular weight is 280 g/mol. The van der Waals surface area contributed by atoms with Gasteiger partial charge in [0.1, 0.15) is 12.4 Å². The molecule has 1 aliphatic carbocycles. The van der Waals surface area contributed by atoms with Crippen LogP contribution in [0, 0.1) is 5.82 Å². The molecular formula is C14H17FN2O3. The third-order valence-corrected chi connectivity index (χ3v) is 3.07. The van der Waals surface area contributed by atoms with Crippen LogP contribution >= 0.6 is 0 Å². The zero-order valence-electron chi connectivity index (χ0n) is 11.3. The number of amides is 1. The number of esters is 1. The summed E-state index contributed by atoms with van der Waals surface area (Å²) < 4.78 is 18.6. The molecule has 2 N–H and O–H groups in total. The van der Waals surface area contributed by atoms with Gasteiger partial charge in [0.2, 0.25) is 0 Å². The second kappa shape index (κ2) is 5.90. The van der Waals surface area contributed by atoms with Crippen molar-refractivity contribution in [2.45, 2.75) is 25.8 Å². The van der Waals surface area contributed by atoms with Gasteiger partial charge in [0.15, 0.2) is 0 Å². The van der Waals surface area contributed by atoms with E-state index in [2.05, 4.69) is 0 Å². The lowest BCUT2D eigenvalue weighted by Crippen LogP contribution is -2.38. The highest BCUT2D eigenvalue weighted by atomic mass is 19.1. The number of nitrogens with zero attached hydrogens (tertiary/aromatic N) is 1. The zero-order chi connectivity index (χ0) is 14.7. The van der Waals surface area contributed by atoms with Gasteiger partial charge >= 0.3 is 5.97 Å². The first-order valence-corrected chi connectivity index (χ1v) is 6.54. The standard InChI is InChI=1S/C14H17FN2O3/c1-2-20-13(18)8-17(10-4-5-10)14(19)11-7-9(16)3-6-12(11)15/h3,6-7,10H,2,4-5,8,16H2,1H3. The highest BCUT2D eigenvalue weighted by Crippen LogP contribution is 2.29. The van der Waals surface area contributed by atoms with Crippen LogP contribution in [0.4, 0.5) is 10.1 Å². The summed E-state index contributed by atoms with van der Waals surface area (Å²) in [5, 5.41) is 0. The summed E-state index contributed by atoms with van der Waals surface area (Å²) in [5.74, 6) is -1.65. The average Bonchev–Trinajstić information content (AvgIpc) is 3.23. The van der Waals surface area contributed by atoms with Crippen LogP contribution < -0.4 is 5.73 Å². The smallest absolute Gasteiger partial charge is 0.325 e. The number of nitrogens with two attached hydrogens (primary N) is 1. The van der Waals surface area contributed by atoms with Gasteiger partial charge in [-0.2, -0.15) is 0 Å². The summed E-state index contributed by atoms with van der Waals surface area (Å²) in [6.45, 7) is 1.78. The number of benzene rings is 1. The molecule has 0 unspecified atom stereocenters. The van der Waals surface area contributed by atoms with Crippen LogP contribution in [0.3, 0.4) is 0 Å². The van der Waals surface area contributed by atoms with Crippen molar-refractivity contribution in [2.75, 3.05) is 18.9 Å². The summed E-state index contributed by atoms with van der Waals surface area (Å²) in [4.78, 5) is 25.3. The van der Waals surface area contributed by atoms with Gasteiger partial charge in [-0.25, -0.2) is 4.39 Å². The minimum atomic E-state index is -0.640. The van der Waals surface area contributed by atoms with E-state index in [-0.39, 0.29) is 24.8 Å². The van der Waals surface area contributed by atoms with Gasteiger partial charge in [-0.15, -0.1) is 0 Å². The first-order valence-electron chi connectivity index (χ1n) is 6.54. The molecule has 108 valence electrons. The van der Waals surface area contributed by atoms with Crippen molar-refractivity contribution in [3.63, 3.8) is 0 Å². The van der Waals surface area contributed by atoms with E-state index in [0.717, 1.165) is 18.9 Å². The van der Waals surface area contributed by atoms with Crippen LogP contribution in [-0.2, 0) is 9.53 Å². The maximum Gasteiger partial charge on any atom is 0.325 e.